The summed E-state index contributed by atoms with van der Waals surface area (Å²) in [5.41, 5.74) is 6.25. The maximum atomic E-state index is 13.1. The predicted molar refractivity (Wildman–Crippen MR) is 66.1 cm³/mol. The Morgan fingerprint density at radius 2 is 2.33 bits per heavy atom. The molecule has 2 aromatic rings. The number of nitrogen functional groups attached to an aromatic ring is 1. The molecule has 0 bridgehead atoms. The van der Waals surface area contributed by atoms with Gasteiger partial charge in [0.15, 0.2) is 0 Å². The molecule has 0 spiro atoms. The van der Waals surface area contributed by atoms with Gasteiger partial charge in [0, 0.05) is 13.7 Å². The Labute approximate surface area is 104 Å². The van der Waals surface area contributed by atoms with Crippen molar-refractivity contribution in [3.63, 3.8) is 0 Å². The van der Waals surface area contributed by atoms with Crippen LogP contribution in [0.1, 0.15) is 0 Å². The number of ether oxygens (including phenoxy) is 1. The van der Waals surface area contributed by atoms with E-state index in [1.54, 1.807) is 19.2 Å². The van der Waals surface area contributed by atoms with Gasteiger partial charge in [-0.15, -0.1) is 5.10 Å². The minimum Gasteiger partial charge on any atom is -0.383 e. The zero-order valence-electron chi connectivity index (χ0n) is 9.93. The fourth-order valence-corrected chi connectivity index (χ4v) is 1.46. The van der Waals surface area contributed by atoms with Crippen LogP contribution in [0.5, 0.6) is 0 Å². The highest BCUT2D eigenvalue weighted by atomic mass is 19.1. The summed E-state index contributed by atoms with van der Waals surface area (Å²) in [7, 11) is 1.61. The molecular weight excluding hydrogens is 237 g/mol. The maximum absolute atomic E-state index is 13.1. The molecule has 0 radical (unpaired) electrons. The molecule has 1 aromatic heterocycles. The molecule has 18 heavy (non-hydrogen) atoms. The van der Waals surface area contributed by atoms with Crippen LogP contribution in [0.3, 0.4) is 0 Å². The van der Waals surface area contributed by atoms with Crippen molar-refractivity contribution in [2.75, 3.05) is 31.3 Å². The average molecular weight is 251 g/mol. The smallest absolute Gasteiger partial charge is 0.244 e. The van der Waals surface area contributed by atoms with Crippen molar-refractivity contribution in [3.8, 4) is 5.69 Å². The Morgan fingerprint density at radius 3 is 3.06 bits per heavy atom. The van der Waals surface area contributed by atoms with E-state index in [1.807, 2.05) is 0 Å². The van der Waals surface area contributed by atoms with E-state index in [1.165, 1.54) is 16.8 Å². The Morgan fingerprint density at radius 1 is 1.50 bits per heavy atom. The second kappa shape index (κ2) is 5.46. The molecule has 1 heterocycles. The number of halogens is 1. The van der Waals surface area contributed by atoms with Crippen molar-refractivity contribution < 1.29 is 9.13 Å². The molecule has 6 nitrogen and oxygen atoms in total. The summed E-state index contributed by atoms with van der Waals surface area (Å²) in [6.07, 6.45) is 0. The molecule has 0 fully saturated rings. The van der Waals surface area contributed by atoms with Gasteiger partial charge in [0.05, 0.1) is 12.3 Å². The van der Waals surface area contributed by atoms with Gasteiger partial charge >= 0.3 is 0 Å². The molecule has 0 atom stereocenters. The van der Waals surface area contributed by atoms with Crippen LogP contribution in [0.15, 0.2) is 24.3 Å². The minimum absolute atomic E-state index is 0.195. The average Bonchev–Trinajstić information content (AvgIpc) is 2.71. The summed E-state index contributed by atoms with van der Waals surface area (Å²) in [6, 6.07) is 5.98. The van der Waals surface area contributed by atoms with E-state index in [4.69, 9.17) is 10.5 Å². The molecule has 0 amide bonds. The van der Waals surface area contributed by atoms with E-state index in [-0.39, 0.29) is 11.8 Å². The Kier molecular flexibility index (Phi) is 3.73. The van der Waals surface area contributed by atoms with Crippen LogP contribution in [0.2, 0.25) is 0 Å². The number of hydrogen-bond donors (Lipinski definition) is 2. The summed E-state index contributed by atoms with van der Waals surface area (Å²) >= 11 is 0. The topological polar surface area (TPSA) is 78.0 Å². The van der Waals surface area contributed by atoms with E-state index >= 15 is 0 Å². The molecule has 96 valence electrons. The van der Waals surface area contributed by atoms with E-state index < -0.39 is 0 Å². The highest BCUT2D eigenvalue weighted by Crippen LogP contribution is 2.14. The summed E-state index contributed by atoms with van der Waals surface area (Å²) in [4.78, 5) is 4.03. The fraction of sp³-hybridized carbons (Fsp3) is 0.273. The summed E-state index contributed by atoms with van der Waals surface area (Å²) in [6.45, 7) is 1.11. The standard InChI is InChI=1S/C11H14FN5O/c1-18-6-5-14-11-15-10(13)17(16-11)9-4-2-3-8(12)7-9/h2-4,7H,5-6H2,1H3,(H3,13,14,15,16). The van der Waals surface area contributed by atoms with Crippen LogP contribution in [0, 0.1) is 5.82 Å². The molecular formula is C11H14FN5O. The van der Waals surface area contributed by atoms with Crippen molar-refractivity contribution in [1.82, 2.24) is 14.8 Å². The number of aromatic nitrogens is 3. The van der Waals surface area contributed by atoms with Crippen LogP contribution in [0.4, 0.5) is 16.3 Å². The second-order valence-electron chi connectivity index (χ2n) is 3.60. The highest BCUT2D eigenvalue weighted by Gasteiger charge is 2.08. The Hall–Kier alpha value is -2.15. The molecule has 0 aliphatic carbocycles. The third-order valence-corrected chi connectivity index (χ3v) is 2.27. The SMILES string of the molecule is COCCNc1nc(N)n(-c2cccc(F)c2)n1. The predicted octanol–water partition coefficient (Wildman–Crippen LogP) is 1.05. The lowest BCUT2D eigenvalue weighted by Gasteiger charge is -2.02. The van der Waals surface area contributed by atoms with Crippen molar-refractivity contribution in [2.45, 2.75) is 0 Å². The molecule has 0 saturated heterocycles. The van der Waals surface area contributed by atoms with Gasteiger partial charge < -0.3 is 15.8 Å². The van der Waals surface area contributed by atoms with Gasteiger partial charge in [-0.1, -0.05) is 6.07 Å². The van der Waals surface area contributed by atoms with Crippen molar-refractivity contribution in [3.05, 3.63) is 30.1 Å². The molecule has 2 rings (SSSR count). The maximum Gasteiger partial charge on any atom is 0.244 e. The van der Waals surface area contributed by atoms with E-state index in [2.05, 4.69) is 15.4 Å². The van der Waals surface area contributed by atoms with E-state index in [9.17, 15) is 4.39 Å². The Balaban J connectivity index is 2.18. The van der Waals surface area contributed by atoms with Gasteiger partial charge in [-0.25, -0.2) is 4.39 Å². The van der Waals surface area contributed by atoms with Gasteiger partial charge in [0.2, 0.25) is 11.9 Å². The van der Waals surface area contributed by atoms with E-state index in [0.29, 0.717) is 24.8 Å². The molecule has 1 aromatic carbocycles. The minimum atomic E-state index is -0.351. The first-order valence-electron chi connectivity index (χ1n) is 5.42. The van der Waals surface area contributed by atoms with Gasteiger partial charge in [-0.05, 0) is 18.2 Å². The lowest BCUT2D eigenvalue weighted by atomic mass is 10.3. The third-order valence-electron chi connectivity index (χ3n) is 2.27. The van der Waals surface area contributed by atoms with Crippen molar-refractivity contribution in [1.29, 1.82) is 0 Å². The zero-order chi connectivity index (χ0) is 13.0. The summed E-state index contributed by atoms with van der Waals surface area (Å²) in [5.74, 6) is 0.227. The molecule has 0 unspecified atom stereocenters. The molecule has 3 N–H and O–H groups in total. The third kappa shape index (κ3) is 2.75. The normalized spacial score (nSPS) is 10.6. The Bertz CT molecular complexity index is 528. The highest BCUT2D eigenvalue weighted by molar-refractivity contribution is 5.41. The molecule has 7 heteroatoms. The number of rotatable bonds is 5. The van der Waals surface area contributed by atoms with Gasteiger partial charge in [-0.2, -0.15) is 9.67 Å². The van der Waals surface area contributed by atoms with Crippen LogP contribution < -0.4 is 11.1 Å². The number of hydrogen-bond acceptors (Lipinski definition) is 5. The summed E-state index contributed by atoms with van der Waals surface area (Å²) < 4.78 is 19.4. The lowest BCUT2D eigenvalue weighted by Crippen LogP contribution is -2.09. The number of benzene rings is 1. The van der Waals surface area contributed by atoms with Gasteiger partial charge in [0.25, 0.3) is 0 Å². The largest absolute Gasteiger partial charge is 0.383 e. The summed E-state index contributed by atoms with van der Waals surface area (Å²) in [5, 5.41) is 7.09. The van der Waals surface area contributed by atoms with Crippen molar-refractivity contribution >= 4 is 11.9 Å². The van der Waals surface area contributed by atoms with Gasteiger partial charge in [-0.3, -0.25) is 0 Å². The van der Waals surface area contributed by atoms with E-state index in [0.717, 1.165) is 0 Å². The number of nitrogens with two attached hydrogens (primary N) is 1. The second-order valence-corrected chi connectivity index (χ2v) is 3.60. The molecule has 0 saturated carbocycles. The first kappa shape index (κ1) is 12.3. The number of nitrogens with one attached hydrogen (secondary N) is 1. The molecule has 0 aliphatic rings. The zero-order valence-corrected chi connectivity index (χ0v) is 9.93. The molecule has 0 aliphatic heterocycles. The van der Waals surface area contributed by atoms with Crippen molar-refractivity contribution in [2.24, 2.45) is 0 Å². The van der Waals surface area contributed by atoms with Crippen LogP contribution in [-0.2, 0) is 4.74 Å². The number of methoxy groups -OCH3 is 1. The number of anilines is 2. The quantitative estimate of drug-likeness (QED) is 0.776. The number of nitrogens with zero attached hydrogens (tertiary/aromatic N) is 3. The van der Waals surface area contributed by atoms with Crippen LogP contribution >= 0.6 is 0 Å². The lowest BCUT2D eigenvalue weighted by molar-refractivity contribution is 0.210. The first-order valence-corrected chi connectivity index (χ1v) is 5.42. The first-order chi connectivity index (χ1) is 8.70. The monoisotopic (exact) mass is 251 g/mol. The fourth-order valence-electron chi connectivity index (χ4n) is 1.46. The van der Waals surface area contributed by atoms with Gasteiger partial charge in [0.1, 0.15) is 5.82 Å². The van der Waals surface area contributed by atoms with Crippen LogP contribution in [-0.4, -0.2) is 35.0 Å². The van der Waals surface area contributed by atoms with Crippen LogP contribution in [0.25, 0.3) is 5.69 Å².